The minimum Gasteiger partial charge on any atom is -0.258 e. The van der Waals surface area contributed by atoms with Crippen LogP contribution in [0.3, 0.4) is 0 Å². The molecule has 0 aliphatic rings. The van der Waals surface area contributed by atoms with Crippen molar-refractivity contribution in [1.82, 2.24) is 3.97 Å². The first kappa shape index (κ1) is 21.1. The molecule has 0 fully saturated rings. The summed E-state index contributed by atoms with van der Waals surface area (Å²) in [5.74, 6) is 0. The molecular formula is C22H14Cl2N2O4S. The van der Waals surface area contributed by atoms with Gasteiger partial charge >= 0.3 is 0 Å². The molecule has 0 N–H and O–H groups in total. The number of nitro benzene ring substituents is 1. The lowest BCUT2D eigenvalue weighted by Crippen LogP contribution is -2.14. The van der Waals surface area contributed by atoms with Crippen molar-refractivity contribution < 1.29 is 13.3 Å². The lowest BCUT2D eigenvalue weighted by atomic mass is 10.1. The molecule has 0 aliphatic heterocycles. The zero-order valence-corrected chi connectivity index (χ0v) is 18.1. The van der Waals surface area contributed by atoms with Crippen LogP contribution in [0.5, 0.6) is 0 Å². The average molecular weight is 473 g/mol. The first-order valence-corrected chi connectivity index (χ1v) is 11.2. The number of hydrogen-bond donors (Lipinski definition) is 0. The molecule has 0 unspecified atom stereocenters. The number of halogens is 2. The highest BCUT2D eigenvalue weighted by molar-refractivity contribution is 7.90. The van der Waals surface area contributed by atoms with E-state index < -0.39 is 14.9 Å². The van der Waals surface area contributed by atoms with Crippen molar-refractivity contribution >= 4 is 62.0 Å². The molecule has 31 heavy (non-hydrogen) atoms. The Labute approximate surface area is 188 Å². The second-order valence-electron chi connectivity index (χ2n) is 6.65. The predicted molar refractivity (Wildman–Crippen MR) is 123 cm³/mol. The molecule has 0 bridgehead atoms. The van der Waals surface area contributed by atoms with Crippen molar-refractivity contribution in [2.75, 3.05) is 0 Å². The first-order chi connectivity index (χ1) is 14.8. The molecule has 9 heteroatoms. The van der Waals surface area contributed by atoms with Crippen molar-refractivity contribution in [1.29, 1.82) is 0 Å². The van der Waals surface area contributed by atoms with Crippen LogP contribution in [-0.2, 0) is 10.0 Å². The third-order valence-electron chi connectivity index (χ3n) is 4.65. The summed E-state index contributed by atoms with van der Waals surface area (Å²) in [6.45, 7) is 0. The van der Waals surface area contributed by atoms with Crippen LogP contribution in [-0.4, -0.2) is 17.3 Å². The van der Waals surface area contributed by atoms with E-state index in [-0.39, 0.29) is 16.1 Å². The second kappa shape index (κ2) is 8.19. The highest BCUT2D eigenvalue weighted by Gasteiger charge is 2.22. The maximum Gasteiger partial charge on any atom is 0.276 e. The number of rotatable bonds is 5. The fraction of sp³-hybridized carbons (Fsp3) is 0. The fourth-order valence-corrected chi connectivity index (χ4v) is 5.15. The van der Waals surface area contributed by atoms with E-state index >= 15 is 0 Å². The minimum atomic E-state index is -3.94. The Balaban J connectivity index is 1.94. The number of aromatic nitrogens is 1. The Kier molecular flexibility index (Phi) is 5.58. The van der Waals surface area contributed by atoms with Gasteiger partial charge in [0.25, 0.3) is 15.7 Å². The average Bonchev–Trinajstić information content (AvgIpc) is 3.10. The minimum absolute atomic E-state index is 0.117. The standard InChI is InChI=1S/C22H14Cl2N2O4S/c23-17-8-11-22(26(27)28)15(12-17)6-9-19-14-16-13-18(24)7-10-21(16)25(19)31(29,30)20-4-2-1-3-5-20/h1-14H/b9-6+. The second-order valence-corrected chi connectivity index (χ2v) is 9.31. The van der Waals surface area contributed by atoms with Crippen LogP contribution in [0, 0.1) is 10.1 Å². The third-order valence-corrected chi connectivity index (χ3v) is 6.87. The Hall–Kier alpha value is -3.13. The summed E-state index contributed by atoms with van der Waals surface area (Å²) in [6, 6.07) is 18.7. The van der Waals surface area contributed by atoms with Gasteiger partial charge in [0, 0.05) is 21.5 Å². The van der Waals surface area contributed by atoms with E-state index in [4.69, 9.17) is 23.2 Å². The van der Waals surface area contributed by atoms with Gasteiger partial charge in [-0.1, -0.05) is 41.4 Å². The largest absolute Gasteiger partial charge is 0.276 e. The van der Waals surface area contributed by atoms with E-state index in [0.717, 1.165) is 0 Å². The van der Waals surface area contributed by atoms with Crippen LogP contribution in [0.25, 0.3) is 23.1 Å². The third kappa shape index (κ3) is 4.07. The van der Waals surface area contributed by atoms with Crippen LogP contribution in [0.1, 0.15) is 11.3 Å². The normalized spacial score (nSPS) is 11.9. The summed E-state index contributed by atoms with van der Waals surface area (Å²) in [7, 11) is -3.94. The predicted octanol–water partition coefficient (Wildman–Crippen LogP) is 6.26. The Morgan fingerprint density at radius 3 is 2.26 bits per heavy atom. The number of nitrogens with zero attached hydrogens (tertiary/aromatic N) is 2. The Morgan fingerprint density at radius 2 is 1.55 bits per heavy atom. The molecule has 4 rings (SSSR count). The fourth-order valence-electron chi connectivity index (χ4n) is 3.27. The van der Waals surface area contributed by atoms with Crippen molar-refractivity contribution in [3.8, 4) is 0 Å². The van der Waals surface area contributed by atoms with Gasteiger partial charge in [-0.3, -0.25) is 10.1 Å². The molecule has 3 aromatic carbocycles. The zero-order valence-electron chi connectivity index (χ0n) is 15.8. The number of fused-ring (bicyclic) bond motifs is 1. The van der Waals surface area contributed by atoms with E-state index in [1.807, 2.05) is 0 Å². The number of hydrogen-bond acceptors (Lipinski definition) is 4. The molecule has 0 aliphatic carbocycles. The SMILES string of the molecule is O=[N+]([O-])c1ccc(Cl)cc1/C=C/c1cc2cc(Cl)ccc2n1S(=O)(=O)c1ccccc1. The summed E-state index contributed by atoms with van der Waals surface area (Å²) in [5, 5.41) is 12.8. The van der Waals surface area contributed by atoms with Crippen molar-refractivity contribution in [3.05, 3.63) is 104 Å². The van der Waals surface area contributed by atoms with Crippen molar-refractivity contribution in [2.45, 2.75) is 4.90 Å². The molecule has 1 aromatic heterocycles. The van der Waals surface area contributed by atoms with Crippen LogP contribution in [0.4, 0.5) is 5.69 Å². The van der Waals surface area contributed by atoms with Crippen LogP contribution in [0.2, 0.25) is 10.0 Å². The lowest BCUT2D eigenvalue weighted by Gasteiger charge is -2.10. The quantitative estimate of drug-likeness (QED) is 0.253. The van der Waals surface area contributed by atoms with E-state index in [0.29, 0.717) is 26.6 Å². The van der Waals surface area contributed by atoms with Gasteiger partial charge in [0.2, 0.25) is 0 Å². The summed E-state index contributed by atoms with van der Waals surface area (Å²) in [6.07, 6.45) is 2.98. The molecule has 0 saturated carbocycles. The number of benzene rings is 3. The van der Waals surface area contributed by atoms with Crippen LogP contribution >= 0.6 is 23.2 Å². The van der Waals surface area contributed by atoms with E-state index in [1.54, 1.807) is 42.5 Å². The monoisotopic (exact) mass is 472 g/mol. The molecule has 0 amide bonds. The maximum absolute atomic E-state index is 13.4. The van der Waals surface area contributed by atoms with Gasteiger partial charge in [-0.2, -0.15) is 0 Å². The Bertz CT molecular complexity index is 1450. The lowest BCUT2D eigenvalue weighted by molar-refractivity contribution is -0.385. The summed E-state index contributed by atoms with van der Waals surface area (Å²) in [4.78, 5) is 10.9. The van der Waals surface area contributed by atoms with Gasteiger partial charge in [-0.25, -0.2) is 12.4 Å². The topological polar surface area (TPSA) is 82.2 Å². The highest BCUT2D eigenvalue weighted by atomic mass is 35.5. The molecule has 1 heterocycles. The molecule has 0 radical (unpaired) electrons. The molecule has 0 spiro atoms. The van der Waals surface area contributed by atoms with Gasteiger partial charge in [0.15, 0.2) is 0 Å². The molecular weight excluding hydrogens is 459 g/mol. The summed E-state index contributed by atoms with van der Waals surface area (Å²) >= 11 is 12.1. The van der Waals surface area contributed by atoms with Gasteiger partial charge in [0.05, 0.1) is 26.6 Å². The zero-order chi connectivity index (χ0) is 22.2. The van der Waals surface area contributed by atoms with Crippen molar-refractivity contribution in [2.24, 2.45) is 0 Å². The van der Waals surface area contributed by atoms with E-state index in [2.05, 4.69) is 0 Å². The molecule has 0 saturated heterocycles. The smallest absolute Gasteiger partial charge is 0.258 e. The van der Waals surface area contributed by atoms with E-state index in [1.165, 1.54) is 46.5 Å². The molecule has 0 atom stereocenters. The van der Waals surface area contributed by atoms with Gasteiger partial charge in [-0.15, -0.1) is 0 Å². The highest BCUT2D eigenvalue weighted by Crippen LogP contribution is 2.30. The van der Waals surface area contributed by atoms with Gasteiger partial charge < -0.3 is 0 Å². The number of nitro groups is 1. The summed E-state index contributed by atoms with van der Waals surface area (Å²) in [5.41, 5.74) is 0.866. The van der Waals surface area contributed by atoms with E-state index in [9.17, 15) is 18.5 Å². The Morgan fingerprint density at radius 1 is 0.871 bits per heavy atom. The maximum atomic E-state index is 13.4. The first-order valence-electron chi connectivity index (χ1n) is 9.01. The van der Waals surface area contributed by atoms with Crippen molar-refractivity contribution in [3.63, 3.8) is 0 Å². The molecule has 4 aromatic rings. The molecule has 156 valence electrons. The van der Waals surface area contributed by atoms with Gasteiger partial charge in [-0.05, 0) is 60.7 Å². The van der Waals surface area contributed by atoms with Crippen LogP contribution in [0.15, 0.2) is 77.7 Å². The summed E-state index contributed by atoms with van der Waals surface area (Å²) < 4.78 is 28.0. The van der Waals surface area contributed by atoms with Crippen LogP contribution < -0.4 is 0 Å². The van der Waals surface area contributed by atoms with Gasteiger partial charge in [0.1, 0.15) is 0 Å². The molecule has 6 nitrogen and oxygen atoms in total.